The molecule has 2 aromatic carbocycles. The van der Waals surface area contributed by atoms with Gasteiger partial charge in [-0.2, -0.15) is 5.10 Å². The molecule has 0 spiro atoms. The zero-order valence-electron chi connectivity index (χ0n) is 16.0. The minimum atomic E-state index is -0.154. The highest BCUT2D eigenvalue weighted by Gasteiger charge is 2.35. The van der Waals surface area contributed by atoms with Gasteiger partial charge in [-0.05, 0) is 49.6 Å². The molecule has 2 aromatic rings. The maximum atomic E-state index is 12.5. The lowest BCUT2D eigenvalue weighted by atomic mass is 10.1. The minimum absolute atomic E-state index is 0.0521. The molecule has 0 aliphatic carbocycles. The number of nitrogens with zero attached hydrogens (tertiary/aromatic N) is 3. The number of amidine groups is 1. The van der Waals surface area contributed by atoms with Gasteiger partial charge in [0.25, 0.3) is 0 Å². The Morgan fingerprint density at radius 1 is 1.19 bits per heavy atom. The molecule has 1 amide bonds. The van der Waals surface area contributed by atoms with E-state index in [1.165, 1.54) is 17.3 Å². The molecule has 0 aromatic heterocycles. The zero-order valence-corrected chi connectivity index (χ0v) is 16.8. The Labute approximate surface area is 164 Å². The van der Waals surface area contributed by atoms with Crippen molar-refractivity contribution in [3.63, 3.8) is 0 Å². The highest BCUT2D eigenvalue weighted by Crippen LogP contribution is 2.28. The second-order valence-corrected chi connectivity index (χ2v) is 7.83. The van der Waals surface area contributed by atoms with Gasteiger partial charge in [-0.1, -0.05) is 47.7 Å². The van der Waals surface area contributed by atoms with Crippen LogP contribution in [-0.2, 0) is 11.3 Å². The lowest BCUT2D eigenvalue weighted by molar-refractivity contribution is -0.126. The first-order valence-corrected chi connectivity index (χ1v) is 9.65. The van der Waals surface area contributed by atoms with Crippen molar-refractivity contribution in [1.82, 2.24) is 4.90 Å². The molecular formula is C21H23N3O2S. The molecule has 1 aliphatic rings. The van der Waals surface area contributed by atoms with Crippen molar-refractivity contribution in [3.8, 4) is 5.75 Å². The molecule has 6 heteroatoms. The van der Waals surface area contributed by atoms with Gasteiger partial charge in [-0.25, -0.2) is 0 Å². The van der Waals surface area contributed by atoms with Crippen LogP contribution in [0.15, 0.2) is 52.7 Å². The fourth-order valence-corrected chi connectivity index (χ4v) is 3.75. The lowest BCUT2D eigenvalue weighted by Crippen LogP contribution is -2.30. The fraction of sp³-hybridized carbons (Fsp3) is 0.286. The molecule has 5 nitrogen and oxygen atoms in total. The Hall–Kier alpha value is -2.60. The summed E-state index contributed by atoms with van der Waals surface area (Å²) in [7, 11) is 1.63. The van der Waals surface area contributed by atoms with Crippen LogP contribution < -0.4 is 4.74 Å². The Balaban J connectivity index is 1.78. The van der Waals surface area contributed by atoms with E-state index in [2.05, 4.69) is 23.2 Å². The van der Waals surface area contributed by atoms with Gasteiger partial charge in [0.15, 0.2) is 5.17 Å². The second kappa shape index (κ2) is 8.39. The molecule has 140 valence electrons. The Kier molecular flexibility index (Phi) is 5.96. The van der Waals surface area contributed by atoms with Crippen molar-refractivity contribution in [2.45, 2.75) is 32.6 Å². The van der Waals surface area contributed by atoms with Crippen LogP contribution >= 0.6 is 11.8 Å². The van der Waals surface area contributed by atoms with Crippen molar-refractivity contribution in [2.24, 2.45) is 10.2 Å². The fourth-order valence-electron chi connectivity index (χ4n) is 2.83. The molecule has 0 saturated carbocycles. The first-order valence-electron chi connectivity index (χ1n) is 8.77. The predicted molar refractivity (Wildman–Crippen MR) is 112 cm³/mol. The Morgan fingerprint density at radius 2 is 1.93 bits per heavy atom. The highest BCUT2D eigenvalue weighted by atomic mass is 32.2. The summed E-state index contributed by atoms with van der Waals surface area (Å²) < 4.78 is 5.18. The Bertz CT molecular complexity index is 891. The summed E-state index contributed by atoms with van der Waals surface area (Å²) in [5.41, 5.74) is 4.41. The average Bonchev–Trinajstić information content (AvgIpc) is 2.92. The van der Waals surface area contributed by atoms with E-state index in [1.807, 2.05) is 50.2 Å². The van der Waals surface area contributed by atoms with Crippen LogP contribution in [-0.4, -0.2) is 34.5 Å². The van der Waals surface area contributed by atoms with Gasteiger partial charge in [0, 0.05) is 0 Å². The van der Waals surface area contributed by atoms with Gasteiger partial charge in [-0.15, -0.1) is 5.10 Å². The number of aryl methyl sites for hydroxylation is 2. The van der Waals surface area contributed by atoms with E-state index in [9.17, 15) is 4.79 Å². The first-order chi connectivity index (χ1) is 13.0. The van der Waals surface area contributed by atoms with E-state index < -0.39 is 0 Å². The largest absolute Gasteiger partial charge is 0.497 e. The summed E-state index contributed by atoms with van der Waals surface area (Å²) in [5, 5.41) is 9.03. The van der Waals surface area contributed by atoms with Crippen molar-refractivity contribution < 1.29 is 9.53 Å². The van der Waals surface area contributed by atoms with Crippen LogP contribution in [0.3, 0.4) is 0 Å². The number of amides is 1. The van der Waals surface area contributed by atoms with Crippen LogP contribution in [0, 0.1) is 13.8 Å². The van der Waals surface area contributed by atoms with E-state index >= 15 is 0 Å². The van der Waals surface area contributed by atoms with Crippen LogP contribution in [0.4, 0.5) is 0 Å². The number of thioether (sulfide) groups is 1. The number of hydrogen-bond donors (Lipinski definition) is 0. The van der Waals surface area contributed by atoms with Crippen LogP contribution in [0.2, 0.25) is 0 Å². The second-order valence-electron chi connectivity index (χ2n) is 6.52. The van der Waals surface area contributed by atoms with E-state index in [1.54, 1.807) is 18.2 Å². The van der Waals surface area contributed by atoms with Crippen molar-refractivity contribution in [2.75, 3.05) is 7.11 Å². The number of hydrogen-bond acceptors (Lipinski definition) is 5. The molecule has 0 radical (unpaired) electrons. The SMILES string of the molecule is COc1ccc(CN2C(=O)C(C)S/C2=N/N=C/c2ccc(C)cc2C)cc1. The third-order valence-corrected chi connectivity index (χ3v) is 5.46. The van der Waals surface area contributed by atoms with Crippen molar-refractivity contribution in [3.05, 3.63) is 64.7 Å². The predicted octanol–water partition coefficient (Wildman–Crippen LogP) is 4.17. The highest BCUT2D eigenvalue weighted by molar-refractivity contribution is 8.15. The standard InChI is InChI=1S/C21H23N3O2S/c1-14-5-8-18(15(2)11-14)12-22-23-21-24(20(25)16(3)27-21)13-17-6-9-19(26-4)10-7-17/h5-12,16H,13H2,1-4H3/b22-12+,23-21+. The molecule has 27 heavy (non-hydrogen) atoms. The maximum Gasteiger partial charge on any atom is 0.242 e. The minimum Gasteiger partial charge on any atom is -0.497 e. The number of methoxy groups -OCH3 is 1. The van der Waals surface area contributed by atoms with Crippen molar-refractivity contribution >= 4 is 29.1 Å². The molecule has 0 N–H and O–H groups in total. The summed E-state index contributed by atoms with van der Waals surface area (Å²) in [4.78, 5) is 14.2. The maximum absolute atomic E-state index is 12.5. The van der Waals surface area contributed by atoms with Gasteiger partial charge in [-0.3, -0.25) is 9.69 Å². The van der Waals surface area contributed by atoms with E-state index in [0.717, 1.165) is 22.4 Å². The number of ether oxygens (including phenoxy) is 1. The summed E-state index contributed by atoms with van der Waals surface area (Å²) >= 11 is 1.44. The van der Waals surface area contributed by atoms with Gasteiger partial charge in [0.05, 0.1) is 25.1 Å². The van der Waals surface area contributed by atoms with Crippen LogP contribution in [0.1, 0.15) is 29.2 Å². The zero-order chi connectivity index (χ0) is 19.4. The molecule has 1 fully saturated rings. The molecule has 0 bridgehead atoms. The molecule has 1 heterocycles. The molecule has 3 rings (SSSR count). The summed E-state index contributed by atoms with van der Waals surface area (Å²) in [6.07, 6.45) is 1.74. The molecule has 1 saturated heterocycles. The average molecular weight is 382 g/mol. The van der Waals surface area contributed by atoms with Gasteiger partial charge < -0.3 is 4.74 Å². The van der Waals surface area contributed by atoms with Gasteiger partial charge in [0.1, 0.15) is 5.75 Å². The number of benzene rings is 2. The smallest absolute Gasteiger partial charge is 0.242 e. The van der Waals surface area contributed by atoms with Gasteiger partial charge >= 0.3 is 0 Å². The summed E-state index contributed by atoms with van der Waals surface area (Å²) in [5.74, 6) is 0.845. The third-order valence-electron chi connectivity index (χ3n) is 4.39. The first kappa shape index (κ1) is 19.2. The van der Waals surface area contributed by atoms with E-state index in [-0.39, 0.29) is 11.2 Å². The van der Waals surface area contributed by atoms with Crippen LogP contribution in [0.25, 0.3) is 0 Å². The topological polar surface area (TPSA) is 54.3 Å². The number of carbonyl (C=O) groups excluding carboxylic acids is 1. The third kappa shape index (κ3) is 4.57. The lowest BCUT2D eigenvalue weighted by Gasteiger charge is -2.15. The van der Waals surface area contributed by atoms with Crippen LogP contribution in [0.5, 0.6) is 5.75 Å². The molecule has 1 unspecified atom stereocenters. The molecule has 1 aliphatic heterocycles. The monoisotopic (exact) mass is 381 g/mol. The van der Waals surface area contributed by atoms with E-state index in [0.29, 0.717) is 11.7 Å². The summed E-state index contributed by atoms with van der Waals surface area (Å²) in [6, 6.07) is 13.9. The number of carbonyl (C=O) groups is 1. The quantitative estimate of drug-likeness (QED) is 0.577. The molecular weight excluding hydrogens is 358 g/mol. The van der Waals surface area contributed by atoms with Gasteiger partial charge in [0.2, 0.25) is 5.91 Å². The van der Waals surface area contributed by atoms with E-state index in [4.69, 9.17) is 4.74 Å². The normalized spacial score (nSPS) is 18.7. The van der Waals surface area contributed by atoms with Crippen molar-refractivity contribution in [1.29, 1.82) is 0 Å². The number of rotatable bonds is 5. The molecule has 1 atom stereocenters. The summed E-state index contributed by atoms with van der Waals surface area (Å²) in [6.45, 7) is 6.48. The Morgan fingerprint density at radius 3 is 2.59 bits per heavy atom.